The van der Waals surface area contributed by atoms with E-state index >= 15 is 0 Å². The summed E-state index contributed by atoms with van der Waals surface area (Å²) in [5.41, 5.74) is -1.26. The van der Waals surface area contributed by atoms with Crippen molar-refractivity contribution in [1.29, 1.82) is 0 Å². The minimum absolute atomic E-state index is 0.225. The molecular weight excluding hydrogens is 317 g/mol. The minimum atomic E-state index is -4.52. The largest absolute Gasteiger partial charge is 0.406 e. The van der Waals surface area contributed by atoms with Crippen LogP contribution in [0.25, 0.3) is 0 Å². The Morgan fingerprint density at radius 3 is 2.61 bits per heavy atom. The number of rotatable bonds is 2. The molecule has 2 aliphatic rings. The van der Waals surface area contributed by atoms with Crippen LogP contribution in [0.4, 0.5) is 22.0 Å². The summed E-state index contributed by atoms with van der Waals surface area (Å²) < 4.78 is 66.2. The number of carbonyl (C=O) groups is 1. The molecule has 0 saturated carbocycles. The Kier molecular flexibility index (Phi) is 4.87. The first kappa shape index (κ1) is 17.9. The van der Waals surface area contributed by atoms with Gasteiger partial charge in [0.15, 0.2) is 6.17 Å². The van der Waals surface area contributed by atoms with Crippen LogP contribution in [0.5, 0.6) is 0 Å². The van der Waals surface area contributed by atoms with Crippen LogP contribution >= 0.6 is 0 Å². The fraction of sp³-hybridized carbons (Fsp3) is 0.688. The average molecular weight is 337 g/mol. The van der Waals surface area contributed by atoms with E-state index in [1.807, 2.05) is 0 Å². The first-order valence-corrected chi connectivity index (χ1v) is 7.59. The molecule has 0 N–H and O–H groups in total. The van der Waals surface area contributed by atoms with Gasteiger partial charge in [0.05, 0.1) is 0 Å². The summed E-state index contributed by atoms with van der Waals surface area (Å²) in [4.78, 5) is 12.9. The van der Waals surface area contributed by atoms with Crippen molar-refractivity contribution in [3.63, 3.8) is 0 Å². The second-order valence-corrected chi connectivity index (χ2v) is 6.65. The number of allylic oxidation sites excluding steroid dienone is 4. The topological polar surface area (TPSA) is 20.3 Å². The summed E-state index contributed by atoms with van der Waals surface area (Å²) >= 11 is 0. The Labute approximate surface area is 132 Å². The van der Waals surface area contributed by atoms with Gasteiger partial charge < -0.3 is 4.90 Å². The smallest absolute Gasteiger partial charge is 0.333 e. The van der Waals surface area contributed by atoms with Crippen molar-refractivity contribution in [3.05, 3.63) is 24.1 Å². The summed E-state index contributed by atoms with van der Waals surface area (Å²) in [7, 11) is 0. The number of halogens is 5. The van der Waals surface area contributed by atoms with Crippen molar-refractivity contribution in [2.45, 2.75) is 39.0 Å². The maximum Gasteiger partial charge on any atom is 0.406 e. The van der Waals surface area contributed by atoms with Crippen molar-refractivity contribution in [2.24, 2.45) is 17.3 Å². The molecule has 23 heavy (non-hydrogen) atoms. The molecule has 0 radical (unpaired) electrons. The van der Waals surface area contributed by atoms with Gasteiger partial charge in [0.25, 0.3) is 0 Å². The highest BCUT2D eigenvalue weighted by Gasteiger charge is 2.47. The van der Waals surface area contributed by atoms with Gasteiger partial charge in [0.2, 0.25) is 5.91 Å². The van der Waals surface area contributed by atoms with Crippen molar-refractivity contribution in [3.8, 4) is 0 Å². The normalized spacial score (nSPS) is 36.0. The molecular formula is C16H20F5NO. The van der Waals surface area contributed by atoms with Gasteiger partial charge in [-0.3, -0.25) is 4.79 Å². The van der Waals surface area contributed by atoms with Crippen LogP contribution in [0.3, 0.4) is 0 Å². The van der Waals surface area contributed by atoms with E-state index in [2.05, 4.69) is 0 Å². The lowest BCUT2D eigenvalue weighted by molar-refractivity contribution is -0.164. The van der Waals surface area contributed by atoms with E-state index in [0.29, 0.717) is 12.8 Å². The van der Waals surface area contributed by atoms with Crippen molar-refractivity contribution in [1.82, 2.24) is 4.90 Å². The SMILES string of the molecule is CC1CCC(C2(C)C=CC=C(F)C2F)CN(CC(F)(F)F)C1=O. The molecule has 4 unspecified atom stereocenters. The molecule has 1 heterocycles. The maximum atomic E-state index is 14.4. The summed E-state index contributed by atoms with van der Waals surface area (Å²) in [6, 6.07) is 0. The highest BCUT2D eigenvalue weighted by atomic mass is 19.4. The third-order valence-corrected chi connectivity index (χ3v) is 4.87. The van der Waals surface area contributed by atoms with Crippen LogP contribution in [0.2, 0.25) is 0 Å². The van der Waals surface area contributed by atoms with Gasteiger partial charge in [-0.05, 0) is 24.8 Å². The first-order valence-electron chi connectivity index (χ1n) is 7.59. The van der Waals surface area contributed by atoms with E-state index in [1.54, 1.807) is 6.92 Å². The quantitative estimate of drug-likeness (QED) is 0.692. The van der Waals surface area contributed by atoms with Crippen LogP contribution in [0.15, 0.2) is 24.1 Å². The molecule has 0 aromatic heterocycles. The number of hydrogen-bond donors (Lipinski definition) is 0. The zero-order chi connectivity index (χ0) is 17.4. The van der Waals surface area contributed by atoms with Crippen LogP contribution in [-0.4, -0.2) is 36.2 Å². The number of alkyl halides is 4. The Balaban J connectivity index is 2.27. The Morgan fingerprint density at radius 1 is 1.35 bits per heavy atom. The molecule has 0 spiro atoms. The third-order valence-electron chi connectivity index (χ3n) is 4.87. The minimum Gasteiger partial charge on any atom is -0.333 e. The lowest BCUT2D eigenvalue weighted by Gasteiger charge is -2.40. The molecule has 1 aliphatic carbocycles. The van der Waals surface area contributed by atoms with E-state index in [9.17, 15) is 26.7 Å². The molecule has 4 atom stereocenters. The molecule has 1 saturated heterocycles. The third kappa shape index (κ3) is 3.75. The molecule has 2 rings (SSSR count). The zero-order valence-corrected chi connectivity index (χ0v) is 13.0. The molecule has 0 aromatic rings. The number of hydrogen-bond acceptors (Lipinski definition) is 1. The van der Waals surface area contributed by atoms with Gasteiger partial charge >= 0.3 is 6.18 Å². The highest BCUT2D eigenvalue weighted by molar-refractivity contribution is 5.78. The molecule has 1 aliphatic heterocycles. The lowest BCUT2D eigenvalue weighted by Crippen LogP contribution is -2.46. The van der Waals surface area contributed by atoms with Gasteiger partial charge in [-0.15, -0.1) is 0 Å². The standard InChI is InChI=1S/C16H20F5NO/c1-10-5-6-11(8-22(14(10)23)9-16(19,20)21)15(2)7-3-4-12(17)13(15)18/h3-4,7,10-11,13H,5-6,8-9H2,1-2H3. The highest BCUT2D eigenvalue weighted by Crippen LogP contribution is 2.45. The fourth-order valence-corrected chi connectivity index (χ4v) is 3.36. The van der Waals surface area contributed by atoms with E-state index in [-0.39, 0.29) is 6.54 Å². The van der Waals surface area contributed by atoms with Gasteiger partial charge in [0.1, 0.15) is 12.4 Å². The van der Waals surface area contributed by atoms with Gasteiger partial charge in [-0.1, -0.05) is 26.0 Å². The number of carbonyl (C=O) groups excluding carboxylic acids is 1. The first-order chi connectivity index (χ1) is 10.5. The number of nitrogens with zero attached hydrogens (tertiary/aromatic N) is 1. The second-order valence-electron chi connectivity index (χ2n) is 6.65. The Hall–Kier alpha value is -1.40. The monoisotopic (exact) mass is 337 g/mol. The summed E-state index contributed by atoms with van der Waals surface area (Å²) in [6.07, 6.45) is -1.80. The molecule has 7 heteroatoms. The van der Waals surface area contributed by atoms with Gasteiger partial charge in [-0.2, -0.15) is 13.2 Å². The van der Waals surface area contributed by atoms with Gasteiger partial charge in [0, 0.05) is 17.9 Å². The number of likely N-dealkylation sites (tertiary alicyclic amines) is 1. The molecule has 1 fully saturated rings. The molecule has 0 bridgehead atoms. The molecule has 0 aromatic carbocycles. The number of amides is 1. The lowest BCUT2D eigenvalue weighted by atomic mass is 9.69. The van der Waals surface area contributed by atoms with Crippen LogP contribution in [-0.2, 0) is 4.79 Å². The van der Waals surface area contributed by atoms with E-state index in [1.165, 1.54) is 19.1 Å². The van der Waals surface area contributed by atoms with Crippen molar-refractivity contribution in [2.75, 3.05) is 13.1 Å². The zero-order valence-electron chi connectivity index (χ0n) is 13.0. The van der Waals surface area contributed by atoms with E-state index < -0.39 is 47.9 Å². The summed E-state index contributed by atoms with van der Waals surface area (Å²) in [5, 5.41) is 0. The average Bonchev–Trinajstić information content (AvgIpc) is 2.57. The maximum absolute atomic E-state index is 14.4. The molecule has 2 nitrogen and oxygen atoms in total. The van der Waals surface area contributed by atoms with E-state index in [4.69, 9.17) is 0 Å². The predicted molar refractivity (Wildman–Crippen MR) is 75.9 cm³/mol. The predicted octanol–water partition coefficient (Wildman–Crippen LogP) is 4.19. The van der Waals surface area contributed by atoms with Crippen LogP contribution < -0.4 is 0 Å². The molecule has 130 valence electrons. The van der Waals surface area contributed by atoms with Crippen LogP contribution in [0.1, 0.15) is 26.7 Å². The molecule has 1 amide bonds. The fourth-order valence-electron chi connectivity index (χ4n) is 3.36. The van der Waals surface area contributed by atoms with Crippen LogP contribution in [0, 0.1) is 17.3 Å². The Bertz CT molecular complexity index is 527. The summed E-state index contributed by atoms with van der Waals surface area (Å²) in [6.45, 7) is 1.48. The van der Waals surface area contributed by atoms with E-state index in [0.717, 1.165) is 11.0 Å². The van der Waals surface area contributed by atoms with Crippen molar-refractivity contribution < 1.29 is 26.7 Å². The van der Waals surface area contributed by atoms with Gasteiger partial charge in [-0.25, -0.2) is 8.78 Å². The second kappa shape index (κ2) is 6.24. The Morgan fingerprint density at radius 2 is 2.00 bits per heavy atom. The summed E-state index contributed by atoms with van der Waals surface area (Å²) in [5.74, 6) is -2.65. The van der Waals surface area contributed by atoms with Crippen molar-refractivity contribution >= 4 is 5.91 Å².